The molecule has 0 aliphatic carbocycles. The van der Waals surface area contributed by atoms with Crippen molar-refractivity contribution >= 4 is 11.9 Å². The molecule has 1 aromatic rings. The number of hydrogen-bond donors (Lipinski definition) is 0. The Morgan fingerprint density at radius 2 is 2.38 bits per heavy atom. The first-order valence-electron chi connectivity index (χ1n) is 7.07. The maximum absolute atomic E-state index is 12.5. The Hall–Kier alpha value is -1.95. The van der Waals surface area contributed by atoms with Crippen LogP contribution in [-0.4, -0.2) is 48.1 Å². The largest absolute Gasteiger partial charge is 0.469 e. The third kappa shape index (κ3) is 4.53. The smallest absolute Gasteiger partial charge is 0.307 e. The molecule has 6 heteroatoms. The maximum atomic E-state index is 12.5. The SMILES string of the molecule is COC(=O)CCN(Cc1cccnc1)C(=O)C1CCCO1. The zero-order valence-electron chi connectivity index (χ0n) is 12.2. The van der Waals surface area contributed by atoms with Crippen LogP contribution in [0.4, 0.5) is 0 Å². The van der Waals surface area contributed by atoms with Crippen LogP contribution < -0.4 is 0 Å². The van der Waals surface area contributed by atoms with E-state index in [2.05, 4.69) is 9.72 Å². The van der Waals surface area contributed by atoms with E-state index in [-0.39, 0.29) is 24.4 Å². The topological polar surface area (TPSA) is 68.7 Å². The van der Waals surface area contributed by atoms with Gasteiger partial charge in [0.15, 0.2) is 0 Å². The number of ether oxygens (including phenoxy) is 2. The van der Waals surface area contributed by atoms with Crippen molar-refractivity contribution < 1.29 is 19.1 Å². The molecule has 0 saturated carbocycles. The highest BCUT2D eigenvalue weighted by Crippen LogP contribution is 2.16. The quantitative estimate of drug-likeness (QED) is 0.736. The Bertz CT molecular complexity index is 472. The van der Waals surface area contributed by atoms with Gasteiger partial charge in [0.25, 0.3) is 5.91 Å². The van der Waals surface area contributed by atoms with E-state index in [1.165, 1.54) is 7.11 Å². The van der Waals surface area contributed by atoms with Crippen molar-refractivity contribution in [3.63, 3.8) is 0 Å². The molecule has 2 heterocycles. The predicted octanol–water partition coefficient (Wildman–Crippen LogP) is 1.15. The molecule has 1 aliphatic heterocycles. The number of rotatable bonds is 6. The monoisotopic (exact) mass is 292 g/mol. The summed E-state index contributed by atoms with van der Waals surface area (Å²) in [6.07, 6.45) is 4.82. The van der Waals surface area contributed by atoms with E-state index in [0.717, 1.165) is 18.4 Å². The second-order valence-electron chi connectivity index (χ2n) is 4.95. The van der Waals surface area contributed by atoms with E-state index in [1.807, 2.05) is 12.1 Å². The van der Waals surface area contributed by atoms with Gasteiger partial charge in [-0.1, -0.05) is 6.07 Å². The molecule has 0 aromatic carbocycles. The van der Waals surface area contributed by atoms with Crippen LogP contribution in [0.1, 0.15) is 24.8 Å². The van der Waals surface area contributed by atoms with Gasteiger partial charge in [0.2, 0.25) is 0 Å². The number of methoxy groups -OCH3 is 1. The summed E-state index contributed by atoms with van der Waals surface area (Å²) in [6.45, 7) is 1.36. The number of hydrogen-bond acceptors (Lipinski definition) is 5. The zero-order chi connectivity index (χ0) is 15.1. The van der Waals surface area contributed by atoms with Crippen LogP contribution in [0.3, 0.4) is 0 Å². The average molecular weight is 292 g/mol. The predicted molar refractivity (Wildman–Crippen MR) is 75.3 cm³/mol. The Morgan fingerprint density at radius 1 is 1.52 bits per heavy atom. The van der Waals surface area contributed by atoms with Crippen LogP contribution >= 0.6 is 0 Å². The molecular weight excluding hydrogens is 272 g/mol. The number of pyridine rings is 1. The number of amides is 1. The van der Waals surface area contributed by atoms with Crippen molar-refractivity contribution in [1.82, 2.24) is 9.88 Å². The van der Waals surface area contributed by atoms with E-state index < -0.39 is 0 Å². The molecule has 6 nitrogen and oxygen atoms in total. The molecule has 1 aliphatic rings. The van der Waals surface area contributed by atoms with Gasteiger partial charge >= 0.3 is 5.97 Å². The van der Waals surface area contributed by atoms with Crippen LogP contribution in [0.2, 0.25) is 0 Å². The highest BCUT2D eigenvalue weighted by atomic mass is 16.5. The standard InChI is InChI=1S/C15H20N2O4/c1-20-14(18)6-8-17(11-12-4-2-7-16-10-12)15(19)13-5-3-9-21-13/h2,4,7,10,13H,3,5-6,8-9,11H2,1H3. The van der Waals surface area contributed by atoms with Crippen molar-refractivity contribution in [3.05, 3.63) is 30.1 Å². The normalized spacial score (nSPS) is 17.5. The van der Waals surface area contributed by atoms with Gasteiger partial charge in [0, 0.05) is 32.1 Å². The molecule has 1 saturated heterocycles. The minimum atomic E-state index is -0.390. The minimum absolute atomic E-state index is 0.0692. The van der Waals surface area contributed by atoms with E-state index in [9.17, 15) is 9.59 Å². The molecule has 2 rings (SSSR count). The van der Waals surface area contributed by atoms with Gasteiger partial charge < -0.3 is 14.4 Å². The average Bonchev–Trinajstić information content (AvgIpc) is 3.05. The molecule has 0 radical (unpaired) electrons. The van der Waals surface area contributed by atoms with Gasteiger partial charge in [-0.15, -0.1) is 0 Å². The summed E-state index contributed by atoms with van der Waals surface area (Å²) in [5.41, 5.74) is 0.925. The first kappa shape index (κ1) is 15.4. The van der Waals surface area contributed by atoms with Crippen LogP contribution in [0, 0.1) is 0 Å². The van der Waals surface area contributed by atoms with E-state index >= 15 is 0 Å². The summed E-state index contributed by atoms with van der Waals surface area (Å²) in [4.78, 5) is 29.5. The first-order valence-corrected chi connectivity index (χ1v) is 7.07. The summed E-state index contributed by atoms with van der Waals surface area (Å²) in [5, 5.41) is 0. The first-order chi connectivity index (χ1) is 10.2. The molecule has 1 atom stereocenters. The number of carbonyl (C=O) groups is 2. The van der Waals surface area contributed by atoms with Gasteiger partial charge in [-0.25, -0.2) is 0 Å². The number of esters is 1. The summed E-state index contributed by atoms with van der Waals surface area (Å²) in [6, 6.07) is 3.73. The van der Waals surface area contributed by atoms with Gasteiger partial charge in [0.1, 0.15) is 6.10 Å². The maximum Gasteiger partial charge on any atom is 0.307 e. The summed E-state index contributed by atoms with van der Waals surface area (Å²) < 4.78 is 10.1. The second-order valence-corrected chi connectivity index (χ2v) is 4.95. The summed E-state index contributed by atoms with van der Waals surface area (Å²) in [7, 11) is 1.34. The van der Waals surface area contributed by atoms with Crippen molar-refractivity contribution in [2.24, 2.45) is 0 Å². The van der Waals surface area contributed by atoms with Crippen LogP contribution in [-0.2, 0) is 25.6 Å². The van der Waals surface area contributed by atoms with Crippen molar-refractivity contribution in [3.8, 4) is 0 Å². The van der Waals surface area contributed by atoms with Gasteiger partial charge in [0.05, 0.1) is 13.5 Å². The van der Waals surface area contributed by atoms with Crippen LogP contribution in [0.5, 0.6) is 0 Å². The van der Waals surface area contributed by atoms with Gasteiger partial charge in [-0.05, 0) is 24.5 Å². The Balaban J connectivity index is 2.01. The van der Waals surface area contributed by atoms with E-state index in [1.54, 1.807) is 17.3 Å². The number of aromatic nitrogens is 1. The fraction of sp³-hybridized carbons (Fsp3) is 0.533. The lowest BCUT2D eigenvalue weighted by molar-refractivity contribution is -0.144. The second kappa shape index (κ2) is 7.73. The number of nitrogens with zero attached hydrogens (tertiary/aromatic N) is 2. The Labute approximate surface area is 124 Å². The fourth-order valence-corrected chi connectivity index (χ4v) is 2.28. The molecule has 1 unspecified atom stereocenters. The molecular formula is C15H20N2O4. The van der Waals surface area contributed by atoms with Crippen LogP contribution in [0.25, 0.3) is 0 Å². The van der Waals surface area contributed by atoms with Crippen molar-refractivity contribution in [2.75, 3.05) is 20.3 Å². The highest BCUT2D eigenvalue weighted by molar-refractivity contribution is 5.81. The highest BCUT2D eigenvalue weighted by Gasteiger charge is 2.28. The molecule has 21 heavy (non-hydrogen) atoms. The molecule has 0 bridgehead atoms. The van der Waals surface area contributed by atoms with Crippen molar-refractivity contribution in [2.45, 2.75) is 31.9 Å². The molecule has 0 spiro atoms. The third-order valence-electron chi connectivity index (χ3n) is 3.43. The lowest BCUT2D eigenvalue weighted by Crippen LogP contribution is -2.39. The molecule has 1 fully saturated rings. The van der Waals surface area contributed by atoms with Crippen molar-refractivity contribution in [1.29, 1.82) is 0 Å². The van der Waals surface area contributed by atoms with E-state index in [0.29, 0.717) is 19.7 Å². The minimum Gasteiger partial charge on any atom is -0.469 e. The molecule has 1 amide bonds. The Morgan fingerprint density at radius 3 is 3.00 bits per heavy atom. The van der Waals surface area contributed by atoms with Gasteiger partial charge in [-0.2, -0.15) is 0 Å². The molecule has 0 N–H and O–H groups in total. The van der Waals surface area contributed by atoms with Gasteiger partial charge in [-0.3, -0.25) is 14.6 Å². The fourth-order valence-electron chi connectivity index (χ4n) is 2.28. The Kier molecular flexibility index (Phi) is 5.68. The van der Waals surface area contributed by atoms with E-state index in [4.69, 9.17) is 4.74 Å². The summed E-state index contributed by atoms with van der Waals surface area (Å²) in [5.74, 6) is -0.397. The molecule has 1 aromatic heterocycles. The number of carbonyl (C=O) groups excluding carboxylic acids is 2. The molecule has 114 valence electrons. The third-order valence-corrected chi connectivity index (χ3v) is 3.43. The zero-order valence-corrected chi connectivity index (χ0v) is 12.2. The lowest BCUT2D eigenvalue weighted by atomic mass is 10.2. The lowest BCUT2D eigenvalue weighted by Gasteiger charge is -2.25. The van der Waals surface area contributed by atoms with Crippen LogP contribution in [0.15, 0.2) is 24.5 Å². The summed E-state index contributed by atoms with van der Waals surface area (Å²) >= 11 is 0.